The van der Waals surface area contributed by atoms with E-state index in [-0.39, 0.29) is 0 Å². The fourth-order valence-corrected chi connectivity index (χ4v) is 1.84. The van der Waals surface area contributed by atoms with Gasteiger partial charge in [0.2, 0.25) is 0 Å². The molecule has 12 heavy (non-hydrogen) atoms. The number of hydrogen-bond donors (Lipinski definition) is 1. The lowest BCUT2D eigenvalue weighted by Crippen LogP contribution is -2.04. The summed E-state index contributed by atoms with van der Waals surface area (Å²) in [7, 11) is -3.25. The molecule has 0 saturated heterocycles. The zero-order valence-electron chi connectivity index (χ0n) is 5.66. The number of anilines is 1. The van der Waals surface area contributed by atoms with E-state index in [4.69, 9.17) is 0 Å². The molecule has 0 aliphatic heterocycles. The first-order valence-corrected chi connectivity index (χ1v) is 7.63. The molecule has 1 rings (SSSR count). The maximum Gasteiger partial charge on any atom is 0.287 e. The van der Waals surface area contributed by atoms with E-state index in [0.717, 1.165) is 4.47 Å². The van der Waals surface area contributed by atoms with Crippen molar-refractivity contribution in [1.29, 1.82) is 0 Å². The van der Waals surface area contributed by atoms with Crippen molar-refractivity contribution in [3.8, 4) is 0 Å². The number of nitrogens with zero attached hydrogens (tertiary/aromatic N) is 1. The van der Waals surface area contributed by atoms with Gasteiger partial charge in [-0.2, -0.15) is 8.42 Å². The standard InChI is InChI=1S/C5H4BrIN2O2S/c6-4-1-2-5(8-3-4)9-12(7,10)11/h1-3H,(H,8,9). The second-order valence-electron chi connectivity index (χ2n) is 1.90. The van der Waals surface area contributed by atoms with Crippen molar-refractivity contribution in [2.24, 2.45) is 0 Å². The van der Waals surface area contributed by atoms with Crippen LogP contribution in [0, 0.1) is 0 Å². The molecule has 0 aromatic carbocycles. The van der Waals surface area contributed by atoms with E-state index in [1.165, 1.54) is 27.4 Å². The van der Waals surface area contributed by atoms with Gasteiger partial charge in [-0.1, -0.05) is 0 Å². The van der Waals surface area contributed by atoms with E-state index in [0.29, 0.717) is 5.82 Å². The van der Waals surface area contributed by atoms with Crippen molar-refractivity contribution in [2.75, 3.05) is 4.72 Å². The van der Waals surface area contributed by atoms with Gasteiger partial charge >= 0.3 is 0 Å². The maximum absolute atomic E-state index is 10.7. The summed E-state index contributed by atoms with van der Waals surface area (Å²) in [5.74, 6) is 0.313. The Balaban J connectivity index is 2.85. The van der Waals surface area contributed by atoms with E-state index in [9.17, 15) is 8.42 Å². The number of aromatic nitrogens is 1. The van der Waals surface area contributed by atoms with Gasteiger partial charge in [0, 0.05) is 10.7 Å². The Morgan fingerprint density at radius 3 is 2.58 bits per heavy atom. The molecule has 0 unspecified atom stereocenters. The van der Waals surface area contributed by atoms with Gasteiger partial charge < -0.3 is 0 Å². The highest BCUT2D eigenvalue weighted by atomic mass is 127. The van der Waals surface area contributed by atoms with E-state index < -0.39 is 7.19 Å². The van der Waals surface area contributed by atoms with Crippen molar-refractivity contribution in [1.82, 2.24) is 4.98 Å². The molecule has 1 aromatic heterocycles. The van der Waals surface area contributed by atoms with Gasteiger partial charge in [0.15, 0.2) is 0 Å². The highest BCUT2D eigenvalue weighted by Crippen LogP contribution is 2.13. The Labute approximate surface area is 90.5 Å². The molecule has 0 aliphatic carbocycles. The summed E-state index contributed by atoms with van der Waals surface area (Å²) < 4.78 is 24.5. The first-order chi connectivity index (χ1) is 5.47. The van der Waals surface area contributed by atoms with Gasteiger partial charge in [-0.15, -0.1) is 0 Å². The summed E-state index contributed by atoms with van der Waals surface area (Å²) in [6.45, 7) is 0. The molecule has 1 heterocycles. The van der Waals surface area contributed by atoms with Gasteiger partial charge in [-0.3, -0.25) is 4.72 Å². The van der Waals surface area contributed by atoms with Crippen LogP contribution >= 0.6 is 37.1 Å². The van der Waals surface area contributed by atoms with E-state index in [2.05, 4.69) is 25.6 Å². The quantitative estimate of drug-likeness (QED) is 0.646. The third-order valence-corrected chi connectivity index (χ3v) is 2.54. The Bertz CT molecular complexity index is 364. The fraction of sp³-hybridized carbons (Fsp3) is 0. The first kappa shape index (κ1) is 10.2. The number of halogens is 2. The molecule has 0 spiro atoms. The molecule has 0 radical (unpaired) electrons. The second-order valence-corrected chi connectivity index (χ2v) is 7.38. The van der Waals surface area contributed by atoms with Gasteiger partial charge in [-0.25, -0.2) is 4.98 Å². The summed E-state index contributed by atoms with van der Waals surface area (Å²) in [6, 6.07) is 3.28. The number of pyridine rings is 1. The van der Waals surface area contributed by atoms with Crippen LogP contribution in [0.25, 0.3) is 0 Å². The van der Waals surface area contributed by atoms with Crippen LogP contribution in [0.4, 0.5) is 5.82 Å². The molecular weight excluding hydrogens is 359 g/mol. The summed E-state index contributed by atoms with van der Waals surface area (Å²) in [5.41, 5.74) is 0. The van der Waals surface area contributed by atoms with Crippen molar-refractivity contribution in [2.45, 2.75) is 0 Å². The molecule has 0 fully saturated rings. The minimum atomic E-state index is -3.25. The van der Waals surface area contributed by atoms with Crippen LogP contribution in [0.3, 0.4) is 0 Å². The molecule has 4 nitrogen and oxygen atoms in total. The van der Waals surface area contributed by atoms with E-state index in [1.807, 2.05) is 0 Å². The van der Waals surface area contributed by atoms with Gasteiger partial charge in [0.05, 0.1) is 21.2 Å². The molecule has 0 amide bonds. The zero-order valence-corrected chi connectivity index (χ0v) is 10.2. The minimum absolute atomic E-state index is 0.313. The molecule has 0 bridgehead atoms. The van der Waals surface area contributed by atoms with E-state index >= 15 is 0 Å². The smallest absolute Gasteiger partial charge is 0.259 e. The third-order valence-electron chi connectivity index (χ3n) is 0.954. The maximum atomic E-state index is 10.7. The van der Waals surface area contributed by atoms with Crippen molar-refractivity contribution >= 4 is 50.1 Å². The van der Waals surface area contributed by atoms with Crippen LogP contribution in [0.2, 0.25) is 0 Å². The van der Waals surface area contributed by atoms with Crippen molar-refractivity contribution < 1.29 is 8.42 Å². The van der Waals surface area contributed by atoms with Crippen LogP contribution in [-0.2, 0) is 7.19 Å². The summed E-state index contributed by atoms with van der Waals surface area (Å²) >= 11 is 4.48. The monoisotopic (exact) mass is 362 g/mol. The topological polar surface area (TPSA) is 59.1 Å². The van der Waals surface area contributed by atoms with Crippen LogP contribution in [0.15, 0.2) is 22.8 Å². The summed E-state index contributed by atoms with van der Waals surface area (Å²) in [4.78, 5) is 3.82. The largest absolute Gasteiger partial charge is 0.287 e. The van der Waals surface area contributed by atoms with Crippen LogP contribution < -0.4 is 4.72 Å². The molecular formula is C5H4BrIN2O2S. The average Bonchev–Trinajstić information content (AvgIpc) is 1.91. The summed E-state index contributed by atoms with van der Waals surface area (Å²) in [6.07, 6.45) is 1.52. The fourth-order valence-electron chi connectivity index (χ4n) is 0.561. The Kier molecular flexibility index (Phi) is 3.29. The number of nitrogens with one attached hydrogen (secondary N) is 1. The molecule has 1 aromatic rings. The van der Waals surface area contributed by atoms with Crippen LogP contribution in [0.1, 0.15) is 0 Å². The Hall–Kier alpha value is 0.110. The van der Waals surface area contributed by atoms with Crippen LogP contribution in [0.5, 0.6) is 0 Å². The normalized spacial score (nSPS) is 11.2. The molecule has 0 atom stereocenters. The highest BCUT2D eigenvalue weighted by molar-refractivity contribution is 14.2. The number of hydrogen-bond acceptors (Lipinski definition) is 3. The lowest BCUT2D eigenvalue weighted by Gasteiger charge is -1.99. The second kappa shape index (κ2) is 3.88. The van der Waals surface area contributed by atoms with Gasteiger partial charge in [0.1, 0.15) is 5.82 Å². The zero-order chi connectivity index (χ0) is 9.19. The molecule has 0 aliphatic rings. The molecule has 7 heteroatoms. The Morgan fingerprint density at radius 1 is 1.50 bits per heavy atom. The highest BCUT2D eigenvalue weighted by Gasteiger charge is 2.03. The van der Waals surface area contributed by atoms with Crippen molar-refractivity contribution in [3.05, 3.63) is 22.8 Å². The predicted octanol–water partition coefficient (Wildman–Crippen LogP) is 1.94. The molecule has 66 valence electrons. The lowest BCUT2D eigenvalue weighted by atomic mass is 10.5. The number of rotatable bonds is 2. The molecule has 1 N–H and O–H groups in total. The van der Waals surface area contributed by atoms with Gasteiger partial charge in [0.25, 0.3) is 7.19 Å². The predicted molar refractivity (Wildman–Crippen MR) is 58.5 cm³/mol. The Morgan fingerprint density at radius 2 is 2.17 bits per heavy atom. The average molecular weight is 363 g/mol. The SMILES string of the molecule is O=S(=O)(I)Nc1ccc(Br)cn1. The molecule has 0 saturated carbocycles. The lowest BCUT2D eigenvalue weighted by molar-refractivity contribution is 0.617. The van der Waals surface area contributed by atoms with Crippen molar-refractivity contribution in [3.63, 3.8) is 0 Å². The third kappa shape index (κ3) is 3.68. The van der Waals surface area contributed by atoms with Crippen LogP contribution in [-0.4, -0.2) is 13.4 Å². The first-order valence-electron chi connectivity index (χ1n) is 2.81. The minimum Gasteiger partial charge on any atom is -0.259 e. The summed E-state index contributed by atoms with van der Waals surface area (Å²) in [5, 5.41) is 0. The van der Waals surface area contributed by atoms with Gasteiger partial charge in [-0.05, 0) is 28.1 Å². The van der Waals surface area contributed by atoms with E-state index in [1.54, 1.807) is 12.1 Å².